The summed E-state index contributed by atoms with van der Waals surface area (Å²) < 4.78 is 0.893. The van der Waals surface area contributed by atoms with Crippen LogP contribution in [-0.2, 0) is 4.79 Å². The molecule has 0 unspecified atom stereocenters. The zero-order chi connectivity index (χ0) is 15.1. The maximum absolute atomic E-state index is 11.7. The van der Waals surface area contributed by atoms with Gasteiger partial charge >= 0.3 is 0 Å². The minimum Gasteiger partial charge on any atom is -0.306 e. The van der Waals surface area contributed by atoms with Crippen molar-refractivity contribution in [3.8, 4) is 0 Å². The normalized spacial score (nSPS) is 12.1. The second-order valence-electron chi connectivity index (χ2n) is 4.92. The largest absolute Gasteiger partial charge is 0.306 e. The maximum atomic E-state index is 11.7. The maximum Gasteiger partial charge on any atom is 0.269 e. The second-order valence-corrected chi connectivity index (χ2v) is 5.84. The number of carbonyl (C=O) groups excluding carboxylic acids is 2. The average molecular weight is 342 g/mol. The van der Waals surface area contributed by atoms with Crippen molar-refractivity contribution in [1.82, 2.24) is 16.2 Å². The Morgan fingerprint density at radius 2 is 1.70 bits per heavy atom. The first-order valence-electron chi connectivity index (χ1n) is 6.48. The van der Waals surface area contributed by atoms with E-state index in [4.69, 9.17) is 0 Å². The fourth-order valence-corrected chi connectivity index (χ4v) is 1.60. The molecule has 0 aliphatic carbocycles. The molecule has 0 heterocycles. The molecule has 1 atom stereocenters. The molecule has 0 aliphatic rings. The van der Waals surface area contributed by atoms with Gasteiger partial charge in [0.05, 0.1) is 6.54 Å². The number of halogens is 1. The molecule has 0 aromatic heterocycles. The molecular weight excluding hydrogens is 322 g/mol. The molecule has 6 heteroatoms. The van der Waals surface area contributed by atoms with Crippen molar-refractivity contribution in [2.24, 2.45) is 5.92 Å². The van der Waals surface area contributed by atoms with Crippen LogP contribution in [0.1, 0.15) is 31.1 Å². The van der Waals surface area contributed by atoms with Gasteiger partial charge in [0.25, 0.3) is 11.8 Å². The summed E-state index contributed by atoms with van der Waals surface area (Å²) in [5, 5.41) is 3.08. The number of benzene rings is 1. The molecule has 0 saturated heterocycles. The quantitative estimate of drug-likeness (QED) is 0.715. The molecule has 0 saturated carbocycles. The van der Waals surface area contributed by atoms with Crippen LogP contribution in [0.15, 0.2) is 28.7 Å². The van der Waals surface area contributed by atoms with Gasteiger partial charge in [0.2, 0.25) is 0 Å². The summed E-state index contributed by atoms with van der Waals surface area (Å²) in [4.78, 5) is 23.3. The van der Waals surface area contributed by atoms with E-state index in [1.807, 2.05) is 6.92 Å². The molecule has 0 radical (unpaired) electrons. The summed E-state index contributed by atoms with van der Waals surface area (Å²) in [6.07, 6.45) is 0. The lowest BCUT2D eigenvalue weighted by Gasteiger charge is -2.17. The number of nitrogens with one attached hydrogen (secondary N) is 3. The summed E-state index contributed by atoms with van der Waals surface area (Å²) >= 11 is 3.29. The summed E-state index contributed by atoms with van der Waals surface area (Å²) in [5.41, 5.74) is 5.24. The van der Waals surface area contributed by atoms with Crippen molar-refractivity contribution in [2.75, 3.05) is 6.54 Å². The van der Waals surface area contributed by atoms with E-state index in [0.717, 1.165) is 4.47 Å². The lowest BCUT2D eigenvalue weighted by Crippen LogP contribution is -2.47. The molecule has 0 aliphatic heterocycles. The van der Waals surface area contributed by atoms with Gasteiger partial charge in [-0.25, -0.2) is 0 Å². The first-order chi connectivity index (χ1) is 9.40. The number of amides is 2. The van der Waals surface area contributed by atoms with E-state index in [-0.39, 0.29) is 24.4 Å². The van der Waals surface area contributed by atoms with Crippen LogP contribution in [-0.4, -0.2) is 24.4 Å². The van der Waals surface area contributed by atoms with Crippen molar-refractivity contribution in [2.45, 2.75) is 26.8 Å². The van der Waals surface area contributed by atoms with E-state index in [1.165, 1.54) is 0 Å². The fourth-order valence-electron chi connectivity index (χ4n) is 1.33. The predicted octanol–water partition coefficient (Wildman–Crippen LogP) is 1.84. The van der Waals surface area contributed by atoms with Crippen molar-refractivity contribution in [3.63, 3.8) is 0 Å². The number of carbonyl (C=O) groups is 2. The lowest BCUT2D eigenvalue weighted by atomic mass is 10.1. The molecular formula is C14H20BrN3O2. The Hall–Kier alpha value is -1.40. The molecule has 0 spiro atoms. The minimum atomic E-state index is -0.345. The molecule has 1 rings (SSSR count). The lowest BCUT2D eigenvalue weighted by molar-refractivity contribution is -0.121. The molecule has 0 bridgehead atoms. The SMILES string of the molecule is CC(C)[C@H](C)NCC(=O)NNC(=O)c1ccc(Br)cc1. The molecule has 2 amide bonds. The highest BCUT2D eigenvalue weighted by atomic mass is 79.9. The Kier molecular flexibility index (Phi) is 6.67. The second kappa shape index (κ2) is 8.01. The van der Waals surface area contributed by atoms with Crippen molar-refractivity contribution in [1.29, 1.82) is 0 Å². The van der Waals surface area contributed by atoms with E-state index in [9.17, 15) is 9.59 Å². The van der Waals surface area contributed by atoms with Crippen LogP contribution in [0, 0.1) is 5.92 Å². The third-order valence-electron chi connectivity index (χ3n) is 3.01. The van der Waals surface area contributed by atoms with Gasteiger partial charge in [0.1, 0.15) is 0 Å². The van der Waals surface area contributed by atoms with Gasteiger partial charge in [-0.3, -0.25) is 20.4 Å². The van der Waals surface area contributed by atoms with E-state index < -0.39 is 0 Å². The molecule has 110 valence electrons. The molecule has 3 N–H and O–H groups in total. The highest BCUT2D eigenvalue weighted by Crippen LogP contribution is 2.10. The first kappa shape index (κ1) is 16.7. The van der Waals surface area contributed by atoms with E-state index in [2.05, 4.69) is 45.9 Å². The summed E-state index contributed by atoms with van der Waals surface area (Å²) in [6.45, 7) is 6.33. The van der Waals surface area contributed by atoms with E-state index in [0.29, 0.717) is 11.5 Å². The third kappa shape index (κ3) is 5.71. The fraction of sp³-hybridized carbons (Fsp3) is 0.429. The van der Waals surface area contributed by atoms with Gasteiger partial charge in [-0.15, -0.1) is 0 Å². The molecule has 0 fully saturated rings. The number of hydrazine groups is 1. The summed E-state index contributed by atoms with van der Waals surface area (Å²) in [6, 6.07) is 7.11. The van der Waals surface area contributed by atoms with Crippen LogP contribution in [0.25, 0.3) is 0 Å². The van der Waals surface area contributed by atoms with E-state index >= 15 is 0 Å². The Morgan fingerprint density at radius 3 is 2.25 bits per heavy atom. The summed E-state index contributed by atoms with van der Waals surface area (Å²) in [7, 11) is 0. The van der Waals surface area contributed by atoms with Gasteiger partial charge in [-0.05, 0) is 37.1 Å². The van der Waals surface area contributed by atoms with Crippen LogP contribution in [0.3, 0.4) is 0 Å². The monoisotopic (exact) mass is 341 g/mol. The van der Waals surface area contributed by atoms with Crippen LogP contribution in [0.4, 0.5) is 0 Å². The smallest absolute Gasteiger partial charge is 0.269 e. The first-order valence-corrected chi connectivity index (χ1v) is 7.27. The van der Waals surface area contributed by atoms with Gasteiger partial charge in [-0.1, -0.05) is 29.8 Å². The highest BCUT2D eigenvalue weighted by molar-refractivity contribution is 9.10. The Balaban J connectivity index is 2.34. The van der Waals surface area contributed by atoms with Crippen LogP contribution >= 0.6 is 15.9 Å². The van der Waals surface area contributed by atoms with Crippen LogP contribution < -0.4 is 16.2 Å². The summed E-state index contributed by atoms with van der Waals surface area (Å²) in [5.74, 6) is -0.175. The topological polar surface area (TPSA) is 70.2 Å². The van der Waals surface area contributed by atoms with Gasteiger partial charge in [0.15, 0.2) is 0 Å². The minimum absolute atomic E-state index is 0.167. The number of hydrogen-bond acceptors (Lipinski definition) is 3. The molecule has 1 aromatic carbocycles. The Labute approximate surface area is 127 Å². The molecule has 5 nitrogen and oxygen atoms in total. The standard InChI is InChI=1S/C14H20BrN3O2/c1-9(2)10(3)16-8-13(19)17-18-14(20)11-4-6-12(15)7-5-11/h4-7,9-10,16H,8H2,1-3H3,(H,17,19)(H,18,20)/t10-/m0/s1. The van der Waals surface area contributed by atoms with Crippen LogP contribution in [0.5, 0.6) is 0 Å². The van der Waals surface area contributed by atoms with Crippen molar-refractivity contribution >= 4 is 27.7 Å². The Bertz CT molecular complexity index is 460. The van der Waals surface area contributed by atoms with Crippen LogP contribution in [0.2, 0.25) is 0 Å². The zero-order valence-corrected chi connectivity index (χ0v) is 13.5. The van der Waals surface area contributed by atoms with Crippen molar-refractivity contribution in [3.05, 3.63) is 34.3 Å². The Morgan fingerprint density at radius 1 is 1.10 bits per heavy atom. The van der Waals surface area contributed by atoms with Crippen molar-refractivity contribution < 1.29 is 9.59 Å². The van der Waals surface area contributed by atoms with E-state index in [1.54, 1.807) is 24.3 Å². The van der Waals surface area contributed by atoms with Gasteiger partial charge < -0.3 is 5.32 Å². The zero-order valence-electron chi connectivity index (χ0n) is 11.9. The van der Waals surface area contributed by atoms with Gasteiger partial charge in [-0.2, -0.15) is 0 Å². The molecule has 20 heavy (non-hydrogen) atoms. The number of hydrogen-bond donors (Lipinski definition) is 3. The third-order valence-corrected chi connectivity index (χ3v) is 3.54. The number of rotatable bonds is 5. The highest BCUT2D eigenvalue weighted by Gasteiger charge is 2.10. The average Bonchev–Trinajstić information content (AvgIpc) is 2.42. The predicted molar refractivity (Wildman–Crippen MR) is 82.1 cm³/mol. The molecule has 1 aromatic rings. The van der Waals surface area contributed by atoms with Gasteiger partial charge in [0, 0.05) is 16.1 Å².